The van der Waals surface area contributed by atoms with Crippen molar-refractivity contribution in [1.29, 1.82) is 0 Å². The van der Waals surface area contributed by atoms with Gasteiger partial charge in [-0.3, -0.25) is 0 Å². The molecule has 0 amide bonds. The molecule has 0 nitrogen and oxygen atoms in total. The van der Waals surface area contributed by atoms with Gasteiger partial charge in [-0.1, -0.05) is 52.9 Å². The second-order valence-corrected chi connectivity index (χ2v) is 8.94. The van der Waals surface area contributed by atoms with Gasteiger partial charge in [-0.25, -0.2) is 4.39 Å². The maximum Gasteiger partial charge on any atom is 0.100 e. The Bertz CT molecular complexity index is 295. The molecular weight excluding hydrogens is 271 g/mol. The quantitative estimate of drug-likeness (QED) is 0.494. The Kier molecular flexibility index (Phi) is 7.22. The van der Waals surface area contributed by atoms with Crippen LogP contribution in [-0.2, 0) is 0 Å². The average Bonchev–Trinajstić information content (AvgIpc) is 2.49. The molecule has 2 saturated carbocycles. The first-order chi connectivity index (χ1) is 10.5. The lowest BCUT2D eigenvalue weighted by molar-refractivity contribution is 0.110. The highest BCUT2D eigenvalue weighted by Crippen LogP contribution is 2.40. The van der Waals surface area contributed by atoms with Gasteiger partial charge in [-0.05, 0) is 74.5 Å². The summed E-state index contributed by atoms with van der Waals surface area (Å²) in [5.41, 5.74) is 0. The lowest BCUT2D eigenvalue weighted by Crippen LogP contribution is -2.28. The van der Waals surface area contributed by atoms with E-state index in [9.17, 15) is 4.39 Å². The number of alkyl halides is 1. The Morgan fingerprint density at radius 1 is 0.727 bits per heavy atom. The summed E-state index contributed by atoms with van der Waals surface area (Å²) in [7, 11) is 0. The Labute approximate surface area is 138 Å². The standard InChI is InChI=1S/C21H39F/c1-15-5-10-19(11-6-15)17(3)9-14-21(18(4)22)20-12-7-16(2)8-13-20/h15-21H,5-14H2,1-4H3. The van der Waals surface area contributed by atoms with Crippen LogP contribution in [0.25, 0.3) is 0 Å². The number of rotatable bonds is 6. The lowest BCUT2D eigenvalue weighted by atomic mass is 9.71. The van der Waals surface area contributed by atoms with Gasteiger partial charge in [0.05, 0.1) is 0 Å². The molecule has 0 saturated heterocycles. The summed E-state index contributed by atoms with van der Waals surface area (Å²) in [5, 5.41) is 0. The van der Waals surface area contributed by atoms with Gasteiger partial charge in [-0.15, -0.1) is 0 Å². The molecule has 0 N–H and O–H groups in total. The van der Waals surface area contributed by atoms with Crippen molar-refractivity contribution in [2.24, 2.45) is 35.5 Å². The summed E-state index contributed by atoms with van der Waals surface area (Å²) in [5.74, 6) is 4.52. The normalized spacial score (nSPS) is 37.5. The van der Waals surface area contributed by atoms with Crippen molar-refractivity contribution in [2.45, 2.75) is 98.1 Å². The van der Waals surface area contributed by atoms with Gasteiger partial charge < -0.3 is 0 Å². The molecule has 0 aromatic heterocycles. The van der Waals surface area contributed by atoms with Gasteiger partial charge in [0.2, 0.25) is 0 Å². The zero-order chi connectivity index (χ0) is 16.1. The monoisotopic (exact) mass is 310 g/mol. The van der Waals surface area contributed by atoms with Gasteiger partial charge in [0.1, 0.15) is 6.17 Å². The summed E-state index contributed by atoms with van der Waals surface area (Å²) in [6.45, 7) is 9.00. The van der Waals surface area contributed by atoms with Crippen molar-refractivity contribution in [3.8, 4) is 0 Å². The molecule has 2 aliphatic rings. The van der Waals surface area contributed by atoms with E-state index < -0.39 is 6.17 Å². The zero-order valence-electron chi connectivity index (χ0n) is 15.5. The van der Waals surface area contributed by atoms with Crippen LogP contribution in [-0.4, -0.2) is 6.17 Å². The SMILES string of the molecule is CC1CCC(C(C)CCC(C(C)F)C2CCC(C)CC2)CC1. The van der Waals surface area contributed by atoms with Crippen LogP contribution < -0.4 is 0 Å². The molecule has 130 valence electrons. The highest BCUT2D eigenvalue weighted by atomic mass is 19.1. The minimum Gasteiger partial charge on any atom is -0.247 e. The van der Waals surface area contributed by atoms with Crippen LogP contribution in [0.1, 0.15) is 91.9 Å². The van der Waals surface area contributed by atoms with Crippen LogP contribution in [0.5, 0.6) is 0 Å². The van der Waals surface area contributed by atoms with Gasteiger partial charge in [0.15, 0.2) is 0 Å². The molecule has 2 rings (SSSR count). The third-order valence-corrected chi connectivity index (χ3v) is 7.08. The molecule has 0 radical (unpaired) electrons. The molecule has 2 aliphatic carbocycles. The molecule has 0 bridgehead atoms. The van der Waals surface area contributed by atoms with Crippen LogP contribution in [0.4, 0.5) is 4.39 Å². The van der Waals surface area contributed by atoms with Crippen LogP contribution in [0.15, 0.2) is 0 Å². The van der Waals surface area contributed by atoms with Gasteiger partial charge in [0, 0.05) is 0 Å². The number of halogens is 1. The second kappa shape index (κ2) is 8.69. The summed E-state index contributed by atoms with van der Waals surface area (Å²) in [4.78, 5) is 0. The minimum absolute atomic E-state index is 0.331. The van der Waals surface area contributed by atoms with E-state index in [1.165, 1.54) is 57.8 Å². The average molecular weight is 311 g/mol. The fraction of sp³-hybridized carbons (Fsp3) is 1.00. The Morgan fingerprint density at radius 3 is 1.64 bits per heavy atom. The smallest absolute Gasteiger partial charge is 0.100 e. The first kappa shape index (κ1) is 18.3. The van der Waals surface area contributed by atoms with Crippen molar-refractivity contribution >= 4 is 0 Å². The summed E-state index contributed by atoms with van der Waals surface area (Å²) < 4.78 is 14.2. The van der Waals surface area contributed by atoms with E-state index >= 15 is 0 Å². The van der Waals surface area contributed by atoms with E-state index in [-0.39, 0.29) is 0 Å². The molecule has 0 aliphatic heterocycles. The van der Waals surface area contributed by atoms with E-state index in [1.807, 2.05) is 6.92 Å². The molecule has 2 fully saturated rings. The highest BCUT2D eigenvalue weighted by molar-refractivity contribution is 4.81. The fourth-order valence-corrected chi connectivity index (χ4v) is 5.10. The molecule has 22 heavy (non-hydrogen) atoms. The Morgan fingerprint density at radius 2 is 1.18 bits per heavy atom. The van der Waals surface area contributed by atoms with Gasteiger partial charge in [-0.2, -0.15) is 0 Å². The molecule has 0 spiro atoms. The van der Waals surface area contributed by atoms with Crippen molar-refractivity contribution in [3.63, 3.8) is 0 Å². The third-order valence-electron chi connectivity index (χ3n) is 7.08. The van der Waals surface area contributed by atoms with Gasteiger partial charge in [0.25, 0.3) is 0 Å². The molecule has 3 unspecified atom stereocenters. The van der Waals surface area contributed by atoms with Crippen LogP contribution in [0.3, 0.4) is 0 Å². The molecular formula is C21H39F. The first-order valence-corrected chi connectivity index (χ1v) is 10.1. The van der Waals surface area contributed by atoms with E-state index in [1.54, 1.807) is 0 Å². The second-order valence-electron chi connectivity index (χ2n) is 8.94. The largest absolute Gasteiger partial charge is 0.247 e. The van der Waals surface area contributed by atoms with Crippen molar-refractivity contribution < 1.29 is 4.39 Å². The topological polar surface area (TPSA) is 0 Å². The number of hydrogen-bond acceptors (Lipinski definition) is 0. The third kappa shape index (κ3) is 5.24. The van der Waals surface area contributed by atoms with Gasteiger partial charge >= 0.3 is 0 Å². The Balaban J connectivity index is 1.78. The Hall–Kier alpha value is -0.0700. The zero-order valence-corrected chi connectivity index (χ0v) is 15.5. The van der Waals surface area contributed by atoms with Crippen molar-refractivity contribution in [3.05, 3.63) is 0 Å². The summed E-state index contributed by atoms with van der Waals surface area (Å²) >= 11 is 0. The van der Waals surface area contributed by atoms with Crippen LogP contribution in [0, 0.1) is 35.5 Å². The highest BCUT2D eigenvalue weighted by Gasteiger charge is 2.31. The fourth-order valence-electron chi connectivity index (χ4n) is 5.10. The molecule has 0 heterocycles. The molecule has 0 aromatic carbocycles. The summed E-state index contributed by atoms with van der Waals surface area (Å²) in [6.07, 6.45) is 12.6. The number of hydrogen-bond donors (Lipinski definition) is 0. The predicted molar refractivity (Wildman–Crippen MR) is 94.7 cm³/mol. The van der Waals surface area contributed by atoms with E-state index in [0.717, 1.165) is 30.1 Å². The molecule has 3 atom stereocenters. The lowest BCUT2D eigenvalue weighted by Gasteiger charge is -2.36. The molecule has 1 heteroatoms. The molecule has 0 aromatic rings. The van der Waals surface area contributed by atoms with E-state index in [2.05, 4.69) is 20.8 Å². The van der Waals surface area contributed by atoms with E-state index in [0.29, 0.717) is 11.8 Å². The van der Waals surface area contributed by atoms with E-state index in [4.69, 9.17) is 0 Å². The maximum absolute atomic E-state index is 14.2. The first-order valence-electron chi connectivity index (χ1n) is 10.1. The minimum atomic E-state index is -0.614. The summed E-state index contributed by atoms with van der Waals surface area (Å²) in [6, 6.07) is 0. The predicted octanol–water partition coefficient (Wildman–Crippen LogP) is 7.03. The maximum atomic E-state index is 14.2. The van der Waals surface area contributed by atoms with Crippen LogP contribution >= 0.6 is 0 Å². The van der Waals surface area contributed by atoms with Crippen LogP contribution in [0.2, 0.25) is 0 Å². The van der Waals surface area contributed by atoms with Crippen molar-refractivity contribution in [1.82, 2.24) is 0 Å². The van der Waals surface area contributed by atoms with Crippen molar-refractivity contribution in [2.75, 3.05) is 0 Å².